The quantitative estimate of drug-likeness (QED) is 0.604. The van der Waals surface area contributed by atoms with Gasteiger partial charge in [0.2, 0.25) is 0 Å². The molecule has 1 aromatic rings. The number of carbonyl (C=O) groups is 1. The monoisotopic (exact) mass is 225 g/mol. The lowest BCUT2D eigenvalue weighted by Gasteiger charge is -2.07. The van der Waals surface area contributed by atoms with E-state index in [1.54, 1.807) is 6.92 Å². The van der Waals surface area contributed by atoms with E-state index in [9.17, 15) is 15.0 Å². The van der Waals surface area contributed by atoms with E-state index < -0.39 is 12.0 Å². The highest BCUT2D eigenvalue weighted by Gasteiger charge is 2.08. The molecule has 88 valence electrons. The fraction of sp³-hybridized carbons (Fsp3) is 0.364. The molecule has 0 aliphatic heterocycles. The van der Waals surface area contributed by atoms with E-state index in [-0.39, 0.29) is 17.1 Å². The van der Waals surface area contributed by atoms with Crippen molar-refractivity contribution in [1.29, 1.82) is 0 Å². The first kappa shape index (κ1) is 12.3. The summed E-state index contributed by atoms with van der Waals surface area (Å²) in [5.41, 5.74) is 0.183. The van der Waals surface area contributed by atoms with Gasteiger partial charge in [0.05, 0.1) is 6.10 Å². The molecular weight excluding hydrogens is 210 g/mol. The number of phenols is 2. The third kappa shape index (κ3) is 3.78. The van der Waals surface area contributed by atoms with Crippen molar-refractivity contribution in [3.05, 3.63) is 23.8 Å². The fourth-order valence-electron chi connectivity index (χ4n) is 1.22. The number of hydrogen-bond acceptors (Lipinski definition) is 4. The van der Waals surface area contributed by atoms with Crippen LogP contribution >= 0.6 is 0 Å². The normalized spacial score (nSPS) is 12.1. The Bertz CT molecular complexity index is 356. The van der Waals surface area contributed by atoms with Gasteiger partial charge in [-0.2, -0.15) is 0 Å². The Labute approximate surface area is 93.4 Å². The van der Waals surface area contributed by atoms with Crippen molar-refractivity contribution in [3.63, 3.8) is 0 Å². The minimum absolute atomic E-state index is 0.166. The molecule has 0 aliphatic rings. The van der Waals surface area contributed by atoms with E-state index in [0.717, 1.165) is 6.07 Å². The SMILES string of the molecule is CC(O)CCNC(=O)c1cc(O)cc(O)c1. The van der Waals surface area contributed by atoms with Crippen LogP contribution in [0, 0.1) is 0 Å². The third-order valence-corrected chi connectivity index (χ3v) is 2.01. The van der Waals surface area contributed by atoms with Gasteiger partial charge in [0.15, 0.2) is 0 Å². The van der Waals surface area contributed by atoms with Gasteiger partial charge in [0.1, 0.15) is 11.5 Å². The van der Waals surface area contributed by atoms with Gasteiger partial charge in [-0.15, -0.1) is 0 Å². The molecule has 4 N–H and O–H groups in total. The summed E-state index contributed by atoms with van der Waals surface area (Å²) in [4.78, 5) is 11.5. The third-order valence-electron chi connectivity index (χ3n) is 2.01. The zero-order valence-electron chi connectivity index (χ0n) is 8.97. The average Bonchev–Trinajstić information content (AvgIpc) is 2.15. The maximum atomic E-state index is 11.5. The number of aliphatic hydroxyl groups excluding tert-OH is 1. The lowest BCUT2D eigenvalue weighted by atomic mass is 10.2. The fourth-order valence-corrected chi connectivity index (χ4v) is 1.22. The molecule has 0 radical (unpaired) electrons. The van der Waals surface area contributed by atoms with Gasteiger partial charge in [-0.05, 0) is 25.5 Å². The predicted molar refractivity (Wildman–Crippen MR) is 58.4 cm³/mol. The van der Waals surface area contributed by atoms with Gasteiger partial charge in [0, 0.05) is 18.2 Å². The highest BCUT2D eigenvalue weighted by atomic mass is 16.3. The molecule has 1 rings (SSSR count). The number of benzene rings is 1. The molecule has 0 saturated carbocycles. The van der Waals surface area contributed by atoms with Crippen LogP contribution in [0.4, 0.5) is 0 Å². The lowest BCUT2D eigenvalue weighted by Crippen LogP contribution is -2.26. The van der Waals surface area contributed by atoms with Crippen molar-refractivity contribution in [2.45, 2.75) is 19.4 Å². The largest absolute Gasteiger partial charge is 0.508 e. The Kier molecular flexibility index (Phi) is 4.13. The molecule has 0 fully saturated rings. The molecule has 0 spiro atoms. The Balaban J connectivity index is 2.59. The highest BCUT2D eigenvalue weighted by molar-refractivity contribution is 5.95. The lowest BCUT2D eigenvalue weighted by molar-refractivity contribution is 0.0944. The molecule has 1 amide bonds. The van der Waals surface area contributed by atoms with Gasteiger partial charge in [-0.25, -0.2) is 0 Å². The summed E-state index contributed by atoms with van der Waals surface area (Å²) in [6.07, 6.45) is -0.0193. The van der Waals surface area contributed by atoms with Crippen LogP contribution in [0.1, 0.15) is 23.7 Å². The summed E-state index contributed by atoms with van der Waals surface area (Å²) in [6, 6.07) is 3.67. The van der Waals surface area contributed by atoms with E-state index in [4.69, 9.17) is 5.11 Å². The first-order chi connectivity index (χ1) is 7.49. The summed E-state index contributed by atoms with van der Waals surface area (Å²) in [5.74, 6) is -0.729. The van der Waals surface area contributed by atoms with Gasteiger partial charge in [-0.1, -0.05) is 0 Å². The number of aliphatic hydroxyl groups is 1. The molecule has 0 aromatic heterocycles. The van der Waals surface area contributed by atoms with Crippen LogP contribution in [0.3, 0.4) is 0 Å². The number of nitrogens with one attached hydrogen (secondary N) is 1. The van der Waals surface area contributed by atoms with E-state index in [2.05, 4.69) is 5.32 Å². The average molecular weight is 225 g/mol. The Morgan fingerprint density at radius 3 is 2.38 bits per heavy atom. The van der Waals surface area contributed by atoms with Gasteiger partial charge in [-0.3, -0.25) is 4.79 Å². The van der Waals surface area contributed by atoms with Crippen LogP contribution in [0.2, 0.25) is 0 Å². The number of phenolic OH excluding ortho intramolecular Hbond substituents is 2. The van der Waals surface area contributed by atoms with E-state index in [1.807, 2.05) is 0 Å². The van der Waals surface area contributed by atoms with Crippen molar-refractivity contribution in [2.75, 3.05) is 6.54 Å². The molecule has 16 heavy (non-hydrogen) atoms. The highest BCUT2D eigenvalue weighted by Crippen LogP contribution is 2.20. The molecule has 0 saturated heterocycles. The van der Waals surface area contributed by atoms with Gasteiger partial charge >= 0.3 is 0 Å². The first-order valence-corrected chi connectivity index (χ1v) is 4.98. The second-order valence-electron chi connectivity index (χ2n) is 3.63. The molecule has 0 aliphatic carbocycles. The second kappa shape index (κ2) is 5.37. The maximum Gasteiger partial charge on any atom is 0.251 e. The molecule has 1 aromatic carbocycles. The number of hydrogen-bond donors (Lipinski definition) is 4. The van der Waals surface area contributed by atoms with Crippen LogP contribution in [0.15, 0.2) is 18.2 Å². The summed E-state index contributed by atoms with van der Waals surface area (Å²) < 4.78 is 0. The summed E-state index contributed by atoms with van der Waals surface area (Å²) in [7, 11) is 0. The molecule has 0 bridgehead atoms. The number of aromatic hydroxyl groups is 2. The number of rotatable bonds is 4. The van der Waals surface area contributed by atoms with E-state index >= 15 is 0 Å². The van der Waals surface area contributed by atoms with Crippen LogP contribution in [-0.4, -0.2) is 33.9 Å². The number of carbonyl (C=O) groups excluding carboxylic acids is 1. The van der Waals surface area contributed by atoms with Gasteiger partial charge in [0.25, 0.3) is 5.91 Å². The first-order valence-electron chi connectivity index (χ1n) is 4.98. The standard InChI is InChI=1S/C11H15NO4/c1-7(13)2-3-12-11(16)8-4-9(14)6-10(15)5-8/h4-7,13-15H,2-3H2,1H3,(H,12,16). The smallest absolute Gasteiger partial charge is 0.251 e. The summed E-state index contributed by atoms with van der Waals surface area (Å²) >= 11 is 0. The Morgan fingerprint density at radius 2 is 1.88 bits per heavy atom. The summed E-state index contributed by atoms with van der Waals surface area (Å²) in [6.45, 7) is 1.97. The molecule has 5 heteroatoms. The van der Waals surface area contributed by atoms with Crippen molar-refractivity contribution >= 4 is 5.91 Å². The Morgan fingerprint density at radius 1 is 1.31 bits per heavy atom. The van der Waals surface area contributed by atoms with E-state index in [1.165, 1.54) is 12.1 Å². The minimum Gasteiger partial charge on any atom is -0.508 e. The Hall–Kier alpha value is -1.75. The topological polar surface area (TPSA) is 89.8 Å². The van der Waals surface area contributed by atoms with Crippen LogP contribution < -0.4 is 5.32 Å². The predicted octanol–water partition coefficient (Wildman–Crippen LogP) is 0.599. The zero-order valence-corrected chi connectivity index (χ0v) is 8.97. The van der Waals surface area contributed by atoms with Crippen molar-refractivity contribution in [1.82, 2.24) is 5.32 Å². The maximum absolute atomic E-state index is 11.5. The van der Waals surface area contributed by atoms with Gasteiger partial charge < -0.3 is 20.6 Å². The molecular formula is C11H15NO4. The second-order valence-corrected chi connectivity index (χ2v) is 3.63. The van der Waals surface area contributed by atoms with Crippen molar-refractivity contribution in [2.24, 2.45) is 0 Å². The van der Waals surface area contributed by atoms with Crippen LogP contribution in [0.25, 0.3) is 0 Å². The molecule has 1 atom stereocenters. The van der Waals surface area contributed by atoms with Crippen molar-refractivity contribution < 1.29 is 20.1 Å². The van der Waals surface area contributed by atoms with E-state index in [0.29, 0.717) is 13.0 Å². The number of amides is 1. The van der Waals surface area contributed by atoms with Crippen molar-refractivity contribution in [3.8, 4) is 11.5 Å². The minimum atomic E-state index is -0.474. The molecule has 0 heterocycles. The molecule has 5 nitrogen and oxygen atoms in total. The van der Waals surface area contributed by atoms with Crippen LogP contribution in [0.5, 0.6) is 11.5 Å². The van der Waals surface area contributed by atoms with Crippen LogP contribution in [-0.2, 0) is 0 Å². The molecule has 1 unspecified atom stereocenters. The zero-order chi connectivity index (χ0) is 12.1. The summed E-state index contributed by atoms with van der Waals surface area (Å²) in [5, 5.41) is 29.9.